The third kappa shape index (κ3) is 4.01. The lowest BCUT2D eigenvalue weighted by molar-refractivity contribution is 0.351. The van der Waals surface area contributed by atoms with Crippen LogP contribution in [0.15, 0.2) is 30.8 Å². The Hall–Kier alpha value is -1.08. The van der Waals surface area contributed by atoms with Gasteiger partial charge in [0.25, 0.3) is 0 Å². The largest absolute Gasteiger partial charge is 0.316 e. The highest BCUT2D eigenvalue weighted by Crippen LogP contribution is 2.18. The summed E-state index contributed by atoms with van der Waals surface area (Å²) in [6, 6.07) is 8.73. The molecule has 1 aromatic carbocycles. The molecule has 1 fully saturated rings. The summed E-state index contributed by atoms with van der Waals surface area (Å²) in [5.74, 6) is 0.909. The number of benzene rings is 1. The van der Waals surface area contributed by atoms with Crippen LogP contribution in [-0.2, 0) is 6.42 Å². The number of hydrogen-bond acceptors (Lipinski definition) is 1. The highest BCUT2D eigenvalue weighted by molar-refractivity contribution is 5.47. The van der Waals surface area contributed by atoms with Crippen LogP contribution >= 0.6 is 0 Å². The van der Waals surface area contributed by atoms with Crippen LogP contribution in [0.25, 0.3) is 6.08 Å². The van der Waals surface area contributed by atoms with E-state index in [1.165, 1.54) is 56.3 Å². The lowest BCUT2D eigenvalue weighted by Crippen LogP contribution is -2.29. The molecular weight excluding hydrogens is 206 g/mol. The van der Waals surface area contributed by atoms with Crippen molar-refractivity contribution in [1.29, 1.82) is 0 Å². The maximum absolute atomic E-state index is 3.82. The van der Waals surface area contributed by atoms with Gasteiger partial charge in [-0.15, -0.1) is 0 Å². The standard InChI is InChI=1S/C16H23N/c1-2-14-6-3-7-15(12-14)8-4-9-16-10-5-11-17-13-16/h2-3,6-7,12,16-17H,1,4-5,8-11,13H2. The number of piperidine rings is 1. The Morgan fingerprint density at radius 3 is 3.12 bits per heavy atom. The van der Waals surface area contributed by atoms with Crippen molar-refractivity contribution in [2.45, 2.75) is 32.1 Å². The fraction of sp³-hybridized carbons (Fsp3) is 0.500. The number of hydrogen-bond donors (Lipinski definition) is 1. The maximum Gasteiger partial charge on any atom is -0.00205 e. The molecule has 1 saturated heterocycles. The van der Waals surface area contributed by atoms with Crippen LogP contribution in [0.4, 0.5) is 0 Å². The summed E-state index contributed by atoms with van der Waals surface area (Å²) >= 11 is 0. The normalized spacial score (nSPS) is 20.1. The van der Waals surface area contributed by atoms with E-state index >= 15 is 0 Å². The molecule has 1 aliphatic heterocycles. The third-order valence-electron chi connectivity index (χ3n) is 3.66. The molecule has 2 rings (SSSR count). The average molecular weight is 229 g/mol. The molecule has 92 valence electrons. The maximum atomic E-state index is 3.82. The van der Waals surface area contributed by atoms with Gasteiger partial charge < -0.3 is 5.32 Å². The van der Waals surface area contributed by atoms with E-state index in [9.17, 15) is 0 Å². The van der Waals surface area contributed by atoms with Gasteiger partial charge in [0.2, 0.25) is 0 Å². The zero-order valence-electron chi connectivity index (χ0n) is 10.6. The Balaban J connectivity index is 1.75. The van der Waals surface area contributed by atoms with E-state index in [0.717, 1.165) is 5.92 Å². The summed E-state index contributed by atoms with van der Waals surface area (Å²) in [7, 11) is 0. The molecule has 1 atom stereocenters. The molecule has 1 nitrogen and oxygen atoms in total. The molecule has 1 heterocycles. The minimum absolute atomic E-state index is 0.909. The molecule has 1 unspecified atom stereocenters. The van der Waals surface area contributed by atoms with Gasteiger partial charge in [0.15, 0.2) is 0 Å². The van der Waals surface area contributed by atoms with E-state index in [1.807, 2.05) is 6.08 Å². The Kier molecular flexibility index (Phi) is 4.81. The van der Waals surface area contributed by atoms with Gasteiger partial charge in [0.05, 0.1) is 0 Å². The van der Waals surface area contributed by atoms with Crippen LogP contribution in [0.1, 0.15) is 36.8 Å². The van der Waals surface area contributed by atoms with E-state index in [0.29, 0.717) is 0 Å². The van der Waals surface area contributed by atoms with Gasteiger partial charge in [-0.05, 0) is 62.2 Å². The predicted octanol–water partition coefficient (Wildman–Crippen LogP) is 3.65. The molecule has 17 heavy (non-hydrogen) atoms. The van der Waals surface area contributed by atoms with Crippen molar-refractivity contribution in [1.82, 2.24) is 5.32 Å². The Bertz CT molecular complexity index is 350. The first-order chi connectivity index (χ1) is 8.38. The van der Waals surface area contributed by atoms with E-state index in [2.05, 4.69) is 36.2 Å². The Labute approximate surface area is 105 Å². The van der Waals surface area contributed by atoms with Gasteiger partial charge in [0, 0.05) is 0 Å². The van der Waals surface area contributed by atoms with Crippen molar-refractivity contribution in [2.75, 3.05) is 13.1 Å². The second kappa shape index (κ2) is 6.61. The van der Waals surface area contributed by atoms with Gasteiger partial charge in [-0.2, -0.15) is 0 Å². The van der Waals surface area contributed by atoms with Crippen LogP contribution in [0.5, 0.6) is 0 Å². The molecular formula is C16H23N. The fourth-order valence-corrected chi connectivity index (χ4v) is 2.64. The van der Waals surface area contributed by atoms with Crippen molar-refractivity contribution >= 4 is 6.08 Å². The lowest BCUT2D eigenvalue weighted by atomic mass is 9.93. The molecule has 0 bridgehead atoms. The molecule has 1 aromatic rings. The molecule has 0 spiro atoms. The Morgan fingerprint density at radius 1 is 1.41 bits per heavy atom. The number of aryl methyl sites for hydroxylation is 1. The molecule has 0 amide bonds. The lowest BCUT2D eigenvalue weighted by Gasteiger charge is -2.22. The van der Waals surface area contributed by atoms with E-state index in [-0.39, 0.29) is 0 Å². The second-order valence-electron chi connectivity index (χ2n) is 5.05. The van der Waals surface area contributed by atoms with Crippen LogP contribution in [-0.4, -0.2) is 13.1 Å². The highest BCUT2D eigenvalue weighted by Gasteiger charge is 2.11. The van der Waals surface area contributed by atoms with Crippen molar-refractivity contribution in [3.8, 4) is 0 Å². The number of rotatable bonds is 5. The van der Waals surface area contributed by atoms with E-state index in [1.54, 1.807) is 0 Å². The summed E-state index contributed by atoms with van der Waals surface area (Å²) in [6.45, 7) is 6.27. The summed E-state index contributed by atoms with van der Waals surface area (Å²) in [5, 5.41) is 3.49. The molecule has 0 aromatic heterocycles. The van der Waals surface area contributed by atoms with Crippen LogP contribution in [0.3, 0.4) is 0 Å². The summed E-state index contributed by atoms with van der Waals surface area (Å²) < 4.78 is 0. The van der Waals surface area contributed by atoms with Crippen molar-refractivity contribution in [3.63, 3.8) is 0 Å². The van der Waals surface area contributed by atoms with Crippen molar-refractivity contribution in [3.05, 3.63) is 42.0 Å². The van der Waals surface area contributed by atoms with Gasteiger partial charge in [-0.1, -0.05) is 36.9 Å². The van der Waals surface area contributed by atoms with Crippen molar-refractivity contribution < 1.29 is 0 Å². The van der Waals surface area contributed by atoms with Crippen molar-refractivity contribution in [2.24, 2.45) is 5.92 Å². The highest BCUT2D eigenvalue weighted by atomic mass is 14.9. The summed E-state index contributed by atoms with van der Waals surface area (Å²) in [5.41, 5.74) is 2.69. The average Bonchev–Trinajstić information content (AvgIpc) is 2.40. The predicted molar refractivity (Wildman–Crippen MR) is 75.1 cm³/mol. The van der Waals surface area contributed by atoms with Crippen LogP contribution in [0, 0.1) is 5.92 Å². The minimum atomic E-state index is 0.909. The SMILES string of the molecule is C=Cc1cccc(CCCC2CCCNC2)c1. The van der Waals surface area contributed by atoms with Gasteiger partial charge in [0.1, 0.15) is 0 Å². The molecule has 1 aliphatic rings. The van der Waals surface area contributed by atoms with E-state index < -0.39 is 0 Å². The minimum Gasteiger partial charge on any atom is -0.316 e. The monoisotopic (exact) mass is 229 g/mol. The van der Waals surface area contributed by atoms with Gasteiger partial charge >= 0.3 is 0 Å². The van der Waals surface area contributed by atoms with Crippen LogP contribution < -0.4 is 5.32 Å². The Morgan fingerprint density at radius 2 is 2.35 bits per heavy atom. The zero-order chi connectivity index (χ0) is 11.9. The molecule has 1 heteroatoms. The van der Waals surface area contributed by atoms with Gasteiger partial charge in [-0.25, -0.2) is 0 Å². The first-order valence-corrected chi connectivity index (χ1v) is 6.80. The quantitative estimate of drug-likeness (QED) is 0.812. The van der Waals surface area contributed by atoms with Gasteiger partial charge in [-0.3, -0.25) is 0 Å². The first-order valence-electron chi connectivity index (χ1n) is 6.80. The molecule has 1 N–H and O–H groups in total. The first kappa shape index (κ1) is 12.4. The van der Waals surface area contributed by atoms with E-state index in [4.69, 9.17) is 0 Å². The number of nitrogens with one attached hydrogen (secondary N) is 1. The second-order valence-corrected chi connectivity index (χ2v) is 5.05. The summed E-state index contributed by atoms with van der Waals surface area (Å²) in [6.07, 6.45) is 8.58. The smallest absolute Gasteiger partial charge is 0.00205 e. The third-order valence-corrected chi connectivity index (χ3v) is 3.66. The zero-order valence-corrected chi connectivity index (χ0v) is 10.6. The topological polar surface area (TPSA) is 12.0 Å². The summed E-state index contributed by atoms with van der Waals surface area (Å²) in [4.78, 5) is 0. The molecule has 0 aliphatic carbocycles. The fourth-order valence-electron chi connectivity index (χ4n) is 2.64. The molecule has 0 radical (unpaired) electrons. The van der Waals surface area contributed by atoms with Crippen LogP contribution in [0.2, 0.25) is 0 Å². The molecule has 0 saturated carbocycles.